The summed E-state index contributed by atoms with van der Waals surface area (Å²) in [4.78, 5) is 3.02. The van der Waals surface area contributed by atoms with Crippen LogP contribution < -0.4 is 0 Å². The van der Waals surface area contributed by atoms with Gasteiger partial charge in [-0.1, -0.05) is 0 Å². The summed E-state index contributed by atoms with van der Waals surface area (Å²) in [5, 5.41) is 0. The molecule has 0 aromatic carbocycles. The number of hydrogen-bond acceptors (Lipinski definition) is 1. The van der Waals surface area contributed by atoms with Crippen molar-refractivity contribution < 1.29 is 12.6 Å². The molecule has 0 saturated carbocycles. The van der Waals surface area contributed by atoms with E-state index in [0.29, 0.717) is 0 Å². The molecule has 0 amide bonds. The van der Waals surface area contributed by atoms with Crippen molar-refractivity contribution in [2.75, 3.05) is 0 Å². The van der Waals surface area contributed by atoms with Gasteiger partial charge in [-0.25, -0.2) is 4.98 Å². The standard InChI is InChI=1S/C5H6BrFN2/c1-2-9-4(6)3-8-5(9)7/h3H,2H2,1H3/i1D3,2D2,3D. The van der Waals surface area contributed by atoms with Gasteiger partial charge in [0, 0.05) is 13.4 Å². The molecule has 0 aliphatic carbocycles. The SMILES string of the molecule is [2H]c1nc(F)n(C([2H])([2H])C([2H])([2H])[2H])c1Br. The fourth-order valence-electron chi connectivity index (χ4n) is 0.368. The molecule has 0 unspecified atom stereocenters. The van der Waals surface area contributed by atoms with Crippen LogP contribution in [0, 0.1) is 6.08 Å². The Hall–Kier alpha value is -0.380. The van der Waals surface area contributed by atoms with E-state index in [4.69, 9.17) is 8.22 Å². The lowest BCUT2D eigenvalue weighted by molar-refractivity contribution is 0.474. The summed E-state index contributed by atoms with van der Waals surface area (Å²) in [6, 6.07) is 0. The molecule has 0 spiro atoms. The molecule has 0 fully saturated rings. The maximum absolute atomic E-state index is 13.1. The molecule has 1 aromatic rings. The van der Waals surface area contributed by atoms with Crippen LogP contribution in [0.3, 0.4) is 0 Å². The highest BCUT2D eigenvalue weighted by Gasteiger charge is 2.02. The number of imidazole rings is 1. The van der Waals surface area contributed by atoms with Crippen LogP contribution in [0.4, 0.5) is 4.39 Å². The fraction of sp³-hybridized carbons (Fsp3) is 0.400. The Morgan fingerprint density at radius 2 is 3.11 bits per heavy atom. The van der Waals surface area contributed by atoms with Gasteiger partial charge in [-0.05, 0) is 22.8 Å². The molecule has 50 valence electrons. The summed E-state index contributed by atoms with van der Waals surface area (Å²) >= 11 is 2.71. The Morgan fingerprint density at radius 1 is 2.33 bits per heavy atom. The van der Waals surface area contributed by atoms with E-state index in [9.17, 15) is 4.39 Å². The van der Waals surface area contributed by atoms with Gasteiger partial charge < -0.3 is 0 Å². The van der Waals surface area contributed by atoms with Crippen LogP contribution in [0.1, 0.15) is 15.1 Å². The Bertz CT molecular complexity index is 386. The number of nitrogens with zero attached hydrogens (tertiary/aromatic N) is 2. The van der Waals surface area contributed by atoms with Crippen LogP contribution in [-0.4, -0.2) is 9.55 Å². The highest BCUT2D eigenvalue weighted by atomic mass is 79.9. The molecule has 1 aromatic heterocycles. The third kappa shape index (κ3) is 1.13. The van der Waals surface area contributed by atoms with E-state index in [0.717, 1.165) is 0 Å². The molecule has 0 aliphatic heterocycles. The summed E-state index contributed by atoms with van der Waals surface area (Å²) < 4.78 is 55.4. The van der Waals surface area contributed by atoms with Crippen molar-refractivity contribution in [3.05, 3.63) is 16.9 Å². The van der Waals surface area contributed by atoms with E-state index in [-0.39, 0.29) is 9.17 Å². The lowest BCUT2D eigenvalue weighted by Gasteiger charge is -1.96. The molecule has 1 rings (SSSR count). The zero-order valence-electron chi connectivity index (χ0n) is 10.2. The first-order chi connectivity index (χ1) is 6.59. The quantitative estimate of drug-likeness (QED) is 0.674. The lowest BCUT2D eigenvalue weighted by atomic mass is 10.7. The monoisotopic (exact) mass is 198 g/mol. The Kier molecular flexibility index (Phi) is 0.643. The minimum atomic E-state index is -3.05. The zero-order valence-corrected chi connectivity index (χ0v) is 5.74. The highest BCUT2D eigenvalue weighted by Crippen LogP contribution is 2.10. The van der Waals surface area contributed by atoms with Crippen molar-refractivity contribution in [1.29, 1.82) is 0 Å². The third-order valence-electron chi connectivity index (χ3n) is 0.733. The van der Waals surface area contributed by atoms with Gasteiger partial charge in [-0.15, -0.1) is 0 Å². The number of rotatable bonds is 1. The molecule has 1 heterocycles. The summed E-state index contributed by atoms with van der Waals surface area (Å²) in [6.45, 7) is -6.01. The Labute approximate surface area is 69.3 Å². The zero-order chi connectivity index (χ0) is 12.0. The number of hydrogen-bond donors (Lipinski definition) is 0. The summed E-state index contributed by atoms with van der Waals surface area (Å²) in [7, 11) is 0. The molecular weight excluding hydrogens is 187 g/mol. The van der Waals surface area contributed by atoms with Gasteiger partial charge in [-0.3, -0.25) is 4.57 Å². The van der Waals surface area contributed by atoms with Crippen LogP contribution in [0.2, 0.25) is 0 Å². The lowest BCUT2D eigenvalue weighted by Crippen LogP contribution is -1.97. The summed E-state index contributed by atoms with van der Waals surface area (Å²) in [5.74, 6) is 0. The van der Waals surface area contributed by atoms with Crippen molar-refractivity contribution in [3.8, 4) is 0 Å². The van der Waals surface area contributed by atoms with Crippen LogP contribution in [-0.2, 0) is 6.50 Å². The molecule has 9 heavy (non-hydrogen) atoms. The molecule has 0 aliphatic rings. The molecule has 0 bridgehead atoms. The van der Waals surface area contributed by atoms with Crippen molar-refractivity contribution >= 4 is 15.9 Å². The highest BCUT2D eigenvalue weighted by molar-refractivity contribution is 9.10. The van der Waals surface area contributed by atoms with E-state index >= 15 is 0 Å². The van der Waals surface area contributed by atoms with Crippen molar-refractivity contribution in [3.63, 3.8) is 0 Å². The number of aromatic nitrogens is 2. The summed E-state index contributed by atoms with van der Waals surface area (Å²) in [6.07, 6.45) is -1.91. The number of halogens is 2. The average molecular weight is 199 g/mol. The maximum atomic E-state index is 13.1. The van der Waals surface area contributed by atoms with Gasteiger partial charge in [-0.2, -0.15) is 4.39 Å². The average Bonchev–Trinajstić information content (AvgIpc) is 2.24. The van der Waals surface area contributed by atoms with E-state index in [1.54, 1.807) is 0 Å². The molecule has 2 nitrogen and oxygen atoms in total. The van der Waals surface area contributed by atoms with Gasteiger partial charge >= 0.3 is 0 Å². The topological polar surface area (TPSA) is 17.8 Å². The molecule has 0 N–H and O–H groups in total. The first-order valence-corrected chi connectivity index (χ1v) is 2.79. The predicted octanol–water partition coefficient (Wildman–Crippen LogP) is 1.80. The molecular formula is C5H6BrFN2. The van der Waals surface area contributed by atoms with E-state index in [1.165, 1.54) is 0 Å². The Balaban J connectivity index is 3.39. The largest absolute Gasteiger partial charge is 0.295 e. The Morgan fingerprint density at radius 3 is 3.56 bits per heavy atom. The smallest absolute Gasteiger partial charge is 0.290 e. The molecule has 4 heteroatoms. The van der Waals surface area contributed by atoms with Crippen LogP contribution in [0.25, 0.3) is 0 Å². The molecule has 0 radical (unpaired) electrons. The fourth-order valence-corrected chi connectivity index (χ4v) is 0.692. The first kappa shape index (κ1) is 2.34. The van der Waals surface area contributed by atoms with Gasteiger partial charge in [0.2, 0.25) is 0 Å². The van der Waals surface area contributed by atoms with Gasteiger partial charge in [0.25, 0.3) is 6.08 Å². The second-order valence-corrected chi connectivity index (χ2v) is 1.98. The molecule has 0 atom stereocenters. The minimum absolute atomic E-state index is 0.197. The van der Waals surface area contributed by atoms with Crippen molar-refractivity contribution in [2.24, 2.45) is 0 Å². The van der Waals surface area contributed by atoms with Crippen LogP contribution >= 0.6 is 15.9 Å². The molecule has 0 saturated heterocycles. The van der Waals surface area contributed by atoms with Gasteiger partial charge in [0.15, 0.2) is 0 Å². The van der Waals surface area contributed by atoms with Crippen LogP contribution in [0.5, 0.6) is 0 Å². The second-order valence-electron chi connectivity index (χ2n) is 1.23. The minimum Gasteiger partial charge on any atom is -0.295 e. The second kappa shape index (κ2) is 2.47. The van der Waals surface area contributed by atoms with Gasteiger partial charge in [0.05, 0.1) is 7.54 Å². The van der Waals surface area contributed by atoms with Gasteiger partial charge in [0.1, 0.15) is 4.60 Å². The van der Waals surface area contributed by atoms with E-state index in [1.807, 2.05) is 0 Å². The third-order valence-corrected chi connectivity index (χ3v) is 1.27. The van der Waals surface area contributed by atoms with Crippen molar-refractivity contribution in [1.82, 2.24) is 9.55 Å². The predicted molar refractivity (Wildman–Crippen MR) is 35.6 cm³/mol. The summed E-state index contributed by atoms with van der Waals surface area (Å²) in [5.41, 5.74) is 0. The van der Waals surface area contributed by atoms with E-state index in [2.05, 4.69) is 20.9 Å². The van der Waals surface area contributed by atoms with Crippen molar-refractivity contribution in [2.45, 2.75) is 13.3 Å². The maximum Gasteiger partial charge on any atom is 0.290 e. The normalized spacial score (nSPS) is 22.9. The van der Waals surface area contributed by atoms with Crippen LogP contribution in [0.15, 0.2) is 10.8 Å². The van der Waals surface area contributed by atoms with E-state index < -0.39 is 25.6 Å². The first-order valence-electron chi connectivity index (χ1n) is 5.00.